The van der Waals surface area contributed by atoms with Crippen LogP contribution in [0.15, 0.2) is 58.9 Å². The average molecular weight is 541 g/mol. The minimum Gasteiger partial charge on any atom is -0.490 e. The molecule has 0 radical (unpaired) electrons. The first-order chi connectivity index (χ1) is 18.5. The molecule has 0 bridgehead atoms. The van der Waals surface area contributed by atoms with Crippen molar-refractivity contribution in [3.05, 3.63) is 70.7 Å². The van der Waals surface area contributed by atoms with Gasteiger partial charge in [0.15, 0.2) is 11.5 Å². The summed E-state index contributed by atoms with van der Waals surface area (Å²) in [7, 11) is 0. The maximum atomic E-state index is 14.1. The van der Waals surface area contributed by atoms with Crippen molar-refractivity contribution in [1.29, 1.82) is 0 Å². The number of hydrogen-bond acceptors (Lipinski definition) is 8. The lowest BCUT2D eigenvalue weighted by Gasteiger charge is -2.28. The quantitative estimate of drug-likeness (QED) is 0.167. The number of aromatic nitrogens is 3. The monoisotopic (exact) mass is 540 g/mol. The van der Waals surface area contributed by atoms with E-state index in [1.807, 2.05) is 26.0 Å². The summed E-state index contributed by atoms with van der Waals surface area (Å²) in [6.45, 7) is 8.32. The van der Waals surface area contributed by atoms with E-state index in [0.717, 1.165) is 24.2 Å². The van der Waals surface area contributed by atoms with Gasteiger partial charge in [0.2, 0.25) is 11.1 Å². The zero-order valence-electron chi connectivity index (χ0n) is 22.1. The van der Waals surface area contributed by atoms with E-state index in [4.69, 9.17) is 19.3 Å². The van der Waals surface area contributed by atoms with E-state index in [2.05, 4.69) is 17.2 Å². The number of benzene rings is 2. The molecule has 2 aromatic carbocycles. The maximum absolute atomic E-state index is 14.1. The van der Waals surface area contributed by atoms with Crippen molar-refractivity contribution in [3.63, 3.8) is 0 Å². The SMILES string of the molecule is CCCCSc1nc2n(n1)C(c1ccc(OCc3ccccc3F)c(OCC)c1)C(C(=O)OCC)=C(C)N2. The molecule has 0 aliphatic carbocycles. The highest BCUT2D eigenvalue weighted by Crippen LogP contribution is 2.40. The molecule has 1 atom stereocenters. The highest BCUT2D eigenvalue weighted by atomic mass is 32.2. The zero-order valence-corrected chi connectivity index (χ0v) is 22.9. The van der Waals surface area contributed by atoms with Gasteiger partial charge in [-0.15, -0.1) is 5.10 Å². The Morgan fingerprint density at radius 1 is 1.11 bits per heavy atom. The van der Waals surface area contributed by atoms with Gasteiger partial charge in [0, 0.05) is 17.0 Å². The van der Waals surface area contributed by atoms with E-state index >= 15 is 0 Å². The molecule has 0 saturated heterocycles. The van der Waals surface area contributed by atoms with Gasteiger partial charge >= 0.3 is 5.97 Å². The molecule has 0 saturated carbocycles. The first kappa shape index (κ1) is 27.5. The third-order valence-corrected chi connectivity index (χ3v) is 6.91. The molecular formula is C28H33FN4O4S. The predicted octanol–water partition coefficient (Wildman–Crippen LogP) is 6.14. The van der Waals surface area contributed by atoms with E-state index in [1.54, 1.807) is 47.6 Å². The number of ether oxygens (including phenoxy) is 3. The number of rotatable bonds is 12. The van der Waals surface area contributed by atoms with Crippen LogP contribution in [0, 0.1) is 5.82 Å². The fraction of sp³-hybridized carbons (Fsp3) is 0.393. The lowest BCUT2D eigenvalue weighted by molar-refractivity contribution is -0.139. The van der Waals surface area contributed by atoms with Gasteiger partial charge in [-0.05, 0) is 51.0 Å². The zero-order chi connectivity index (χ0) is 27.1. The number of fused-ring (bicyclic) bond motifs is 1. The summed E-state index contributed by atoms with van der Waals surface area (Å²) in [6.07, 6.45) is 2.14. The third kappa shape index (κ3) is 6.12. The molecule has 38 heavy (non-hydrogen) atoms. The molecule has 1 aliphatic heterocycles. The summed E-state index contributed by atoms with van der Waals surface area (Å²) < 4.78 is 33.1. The molecule has 1 N–H and O–H groups in total. The minimum atomic E-state index is -0.585. The van der Waals surface area contributed by atoms with Crippen LogP contribution in [0.1, 0.15) is 57.7 Å². The molecule has 0 amide bonds. The Kier molecular flexibility index (Phi) is 9.28. The number of esters is 1. The molecule has 0 spiro atoms. The first-order valence-corrected chi connectivity index (χ1v) is 13.8. The molecule has 3 aromatic rings. The minimum absolute atomic E-state index is 0.0537. The predicted molar refractivity (Wildman–Crippen MR) is 145 cm³/mol. The number of nitrogens with one attached hydrogen (secondary N) is 1. The molecule has 10 heteroatoms. The summed E-state index contributed by atoms with van der Waals surface area (Å²) in [4.78, 5) is 17.8. The Balaban J connectivity index is 1.71. The van der Waals surface area contributed by atoms with Gasteiger partial charge in [-0.25, -0.2) is 13.9 Å². The van der Waals surface area contributed by atoms with Crippen molar-refractivity contribution in [2.45, 2.75) is 58.3 Å². The van der Waals surface area contributed by atoms with Crippen LogP contribution in [0.3, 0.4) is 0 Å². The number of anilines is 1. The Morgan fingerprint density at radius 3 is 2.66 bits per heavy atom. The summed E-state index contributed by atoms with van der Waals surface area (Å²) >= 11 is 1.58. The second-order valence-electron chi connectivity index (χ2n) is 8.67. The molecule has 1 unspecified atom stereocenters. The number of carbonyl (C=O) groups excluding carboxylic acids is 1. The van der Waals surface area contributed by atoms with Crippen LogP contribution in [0.4, 0.5) is 10.3 Å². The smallest absolute Gasteiger partial charge is 0.338 e. The van der Waals surface area contributed by atoms with E-state index in [-0.39, 0.29) is 19.0 Å². The molecule has 1 aliphatic rings. The second kappa shape index (κ2) is 12.8. The lowest BCUT2D eigenvalue weighted by atomic mass is 9.95. The average Bonchev–Trinajstić information content (AvgIpc) is 3.30. The van der Waals surface area contributed by atoms with Gasteiger partial charge in [0.1, 0.15) is 18.5 Å². The summed E-state index contributed by atoms with van der Waals surface area (Å²) in [5.74, 6) is 1.66. The van der Waals surface area contributed by atoms with Crippen LogP contribution in [0.5, 0.6) is 11.5 Å². The number of nitrogens with zero attached hydrogens (tertiary/aromatic N) is 3. The van der Waals surface area contributed by atoms with Crippen molar-refractivity contribution in [2.75, 3.05) is 24.3 Å². The van der Waals surface area contributed by atoms with Crippen LogP contribution in [0.2, 0.25) is 0 Å². The van der Waals surface area contributed by atoms with E-state index in [0.29, 0.717) is 46.0 Å². The van der Waals surface area contributed by atoms with Crippen LogP contribution < -0.4 is 14.8 Å². The number of allylic oxidation sites excluding steroid dienone is 1. The molecule has 4 rings (SSSR count). The van der Waals surface area contributed by atoms with Crippen molar-refractivity contribution in [2.24, 2.45) is 0 Å². The largest absolute Gasteiger partial charge is 0.490 e. The summed E-state index contributed by atoms with van der Waals surface area (Å²) in [6, 6.07) is 11.4. The maximum Gasteiger partial charge on any atom is 0.338 e. The topological polar surface area (TPSA) is 87.5 Å². The van der Waals surface area contributed by atoms with Crippen molar-refractivity contribution in [3.8, 4) is 11.5 Å². The Labute approximate surface area is 226 Å². The highest BCUT2D eigenvalue weighted by molar-refractivity contribution is 7.99. The normalized spacial score (nSPS) is 14.6. The Morgan fingerprint density at radius 2 is 1.92 bits per heavy atom. The van der Waals surface area contributed by atoms with Gasteiger partial charge in [0.05, 0.1) is 18.8 Å². The van der Waals surface area contributed by atoms with Crippen molar-refractivity contribution in [1.82, 2.24) is 14.8 Å². The van der Waals surface area contributed by atoms with Gasteiger partial charge in [0.25, 0.3) is 0 Å². The van der Waals surface area contributed by atoms with Crippen molar-refractivity contribution >= 4 is 23.7 Å². The van der Waals surface area contributed by atoms with Gasteiger partial charge in [-0.2, -0.15) is 4.98 Å². The summed E-state index contributed by atoms with van der Waals surface area (Å²) in [5, 5.41) is 8.60. The number of thioether (sulfide) groups is 1. The third-order valence-electron chi connectivity index (χ3n) is 5.98. The van der Waals surface area contributed by atoms with E-state index in [9.17, 15) is 9.18 Å². The molecular weight excluding hydrogens is 507 g/mol. The fourth-order valence-electron chi connectivity index (χ4n) is 4.13. The summed E-state index contributed by atoms with van der Waals surface area (Å²) in [5.41, 5.74) is 2.29. The van der Waals surface area contributed by atoms with Gasteiger partial charge in [-0.3, -0.25) is 0 Å². The first-order valence-electron chi connectivity index (χ1n) is 12.8. The number of halogens is 1. The standard InChI is InChI=1S/C28H33FN4O4S/c1-5-8-15-38-28-31-27-30-18(4)24(26(34)36-7-3)25(33(27)32-28)19-13-14-22(23(16-19)35-6-2)37-17-20-11-9-10-12-21(20)29/h9-14,16,25H,5-8,15,17H2,1-4H3,(H,30,31,32). The molecule has 202 valence electrons. The van der Waals surface area contributed by atoms with Crippen LogP contribution in [-0.2, 0) is 16.1 Å². The number of carbonyl (C=O) groups is 1. The Hall–Kier alpha value is -3.53. The molecule has 0 fully saturated rings. The number of unbranched alkanes of at least 4 members (excludes halogenated alkanes) is 1. The van der Waals surface area contributed by atoms with Crippen LogP contribution in [0.25, 0.3) is 0 Å². The van der Waals surface area contributed by atoms with Crippen LogP contribution in [-0.4, -0.2) is 39.7 Å². The van der Waals surface area contributed by atoms with E-state index < -0.39 is 12.0 Å². The van der Waals surface area contributed by atoms with Crippen LogP contribution >= 0.6 is 11.8 Å². The van der Waals surface area contributed by atoms with Gasteiger partial charge < -0.3 is 19.5 Å². The highest BCUT2D eigenvalue weighted by Gasteiger charge is 2.35. The second-order valence-corrected chi connectivity index (χ2v) is 9.73. The van der Waals surface area contributed by atoms with E-state index in [1.165, 1.54) is 6.07 Å². The number of hydrogen-bond donors (Lipinski definition) is 1. The van der Waals surface area contributed by atoms with Crippen molar-refractivity contribution < 1.29 is 23.4 Å². The molecule has 8 nitrogen and oxygen atoms in total. The lowest BCUT2D eigenvalue weighted by Crippen LogP contribution is -2.29. The fourth-order valence-corrected chi connectivity index (χ4v) is 5.05. The molecule has 1 aromatic heterocycles. The molecule has 2 heterocycles. The Bertz CT molecular complexity index is 1310. The van der Waals surface area contributed by atoms with Gasteiger partial charge in [-0.1, -0.05) is 49.4 Å².